The highest BCUT2D eigenvalue weighted by atomic mass is 127. The van der Waals surface area contributed by atoms with Crippen molar-refractivity contribution in [3.63, 3.8) is 0 Å². The number of carbonyl (C=O) groups is 1. The van der Waals surface area contributed by atoms with Crippen molar-refractivity contribution in [3.8, 4) is 22.6 Å². The van der Waals surface area contributed by atoms with E-state index >= 15 is 0 Å². The molecule has 1 amide bonds. The number of halogens is 3. The Bertz CT molecular complexity index is 878. The van der Waals surface area contributed by atoms with E-state index in [4.69, 9.17) is 16.1 Å². The Balaban J connectivity index is 1.94. The molecule has 7 heteroatoms. The van der Waals surface area contributed by atoms with Crippen LogP contribution in [0.15, 0.2) is 53.1 Å². The molecule has 1 aromatic heterocycles. The van der Waals surface area contributed by atoms with Crippen LogP contribution in [0.3, 0.4) is 0 Å². The van der Waals surface area contributed by atoms with E-state index in [0.717, 1.165) is 3.57 Å². The van der Waals surface area contributed by atoms with Gasteiger partial charge in [0.05, 0.1) is 5.56 Å². The molecule has 122 valence electrons. The fraction of sp³-hybridized carbons (Fsp3) is 0.0588. The van der Waals surface area contributed by atoms with Gasteiger partial charge in [-0.1, -0.05) is 23.4 Å². The van der Waals surface area contributed by atoms with Crippen LogP contribution in [0.1, 0.15) is 0 Å². The monoisotopic (exact) mass is 456 g/mol. The molecular formula is C17H11ClFIN2O2. The molecule has 2 aromatic carbocycles. The molecular weight excluding hydrogens is 446 g/mol. The number of aromatic nitrogens is 1. The Morgan fingerprint density at radius 2 is 2.04 bits per heavy atom. The molecule has 0 saturated carbocycles. The summed E-state index contributed by atoms with van der Waals surface area (Å²) in [5, 5.41) is 6.63. The number of nitrogens with zero attached hydrogens (tertiary/aromatic N) is 1. The molecule has 0 atom stereocenters. The van der Waals surface area contributed by atoms with Crippen molar-refractivity contribution < 1.29 is 13.7 Å². The van der Waals surface area contributed by atoms with Crippen LogP contribution >= 0.6 is 34.2 Å². The molecule has 24 heavy (non-hydrogen) atoms. The van der Waals surface area contributed by atoms with Crippen LogP contribution in [-0.4, -0.2) is 16.9 Å². The van der Waals surface area contributed by atoms with E-state index in [1.807, 2.05) is 6.07 Å². The third-order valence-corrected chi connectivity index (χ3v) is 4.42. The van der Waals surface area contributed by atoms with Gasteiger partial charge in [0, 0.05) is 20.9 Å². The fourth-order valence-corrected chi connectivity index (χ4v) is 3.02. The van der Waals surface area contributed by atoms with Crippen LogP contribution in [-0.2, 0) is 4.79 Å². The molecule has 3 aromatic rings. The number of amides is 1. The molecule has 0 aliphatic carbocycles. The molecule has 4 nitrogen and oxygen atoms in total. The molecule has 0 unspecified atom stereocenters. The normalized spacial score (nSPS) is 10.6. The molecule has 1 N–H and O–H groups in total. The first-order chi connectivity index (χ1) is 11.6. The first kappa shape index (κ1) is 16.9. The molecule has 0 spiro atoms. The van der Waals surface area contributed by atoms with Crippen LogP contribution in [0.5, 0.6) is 0 Å². The van der Waals surface area contributed by atoms with E-state index in [9.17, 15) is 9.18 Å². The van der Waals surface area contributed by atoms with Gasteiger partial charge in [-0.05, 0) is 46.9 Å². The number of benzene rings is 2. The summed E-state index contributed by atoms with van der Waals surface area (Å²) in [6, 6.07) is 13.6. The van der Waals surface area contributed by atoms with E-state index in [2.05, 4.69) is 33.1 Å². The number of rotatable bonds is 4. The quantitative estimate of drug-likeness (QED) is 0.447. The highest BCUT2D eigenvalue weighted by molar-refractivity contribution is 14.1. The summed E-state index contributed by atoms with van der Waals surface area (Å²) in [5.74, 6) is -0.300. The number of hydrogen-bond donors (Lipinski definition) is 1. The summed E-state index contributed by atoms with van der Waals surface area (Å²) in [4.78, 5) is 11.4. The van der Waals surface area contributed by atoms with Crippen LogP contribution in [0.2, 0.25) is 0 Å². The summed E-state index contributed by atoms with van der Waals surface area (Å²) >= 11 is 7.54. The Kier molecular flexibility index (Phi) is 5.15. The van der Waals surface area contributed by atoms with Crippen molar-refractivity contribution >= 4 is 45.8 Å². The van der Waals surface area contributed by atoms with Gasteiger partial charge in [0.25, 0.3) is 0 Å². The van der Waals surface area contributed by atoms with E-state index in [0.29, 0.717) is 28.3 Å². The van der Waals surface area contributed by atoms with Crippen LogP contribution in [0.4, 0.5) is 10.1 Å². The van der Waals surface area contributed by atoms with Crippen LogP contribution in [0, 0.1) is 9.39 Å². The van der Waals surface area contributed by atoms with Gasteiger partial charge in [-0.3, -0.25) is 4.79 Å². The first-order valence-corrected chi connectivity index (χ1v) is 8.57. The average Bonchev–Trinajstić information content (AvgIpc) is 3.04. The van der Waals surface area contributed by atoms with E-state index in [1.165, 1.54) is 6.07 Å². The van der Waals surface area contributed by atoms with Gasteiger partial charge in [0.1, 0.15) is 17.4 Å². The van der Waals surface area contributed by atoms with Gasteiger partial charge in [0.15, 0.2) is 5.76 Å². The maximum atomic E-state index is 14.0. The molecule has 0 radical (unpaired) electrons. The van der Waals surface area contributed by atoms with Gasteiger partial charge < -0.3 is 9.84 Å². The highest BCUT2D eigenvalue weighted by Gasteiger charge is 2.15. The number of hydrogen-bond acceptors (Lipinski definition) is 3. The topological polar surface area (TPSA) is 55.1 Å². The van der Waals surface area contributed by atoms with Crippen molar-refractivity contribution in [1.29, 1.82) is 0 Å². The highest BCUT2D eigenvalue weighted by Crippen LogP contribution is 2.31. The summed E-state index contributed by atoms with van der Waals surface area (Å²) in [7, 11) is 0. The summed E-state index contributed by atoms with van der Waals surface area (Å²) in [6.07, 6.45) is 0. The lowest BCUT2D eigenvalue weighted by Gasteiger charge is -2.04. The minimum Gasteiger partial charge on any atom is -0.356 e. The molecule has 0 saturated heterocycles. The Morgan fingerprint density at radius 3 is 2.79 bits per heavy atom. The standard InChI is InChI=1S/C17H11ClFIN2O2/c18-9-16(23)21-11-4-1-3-10(7-11)15-8-14(22-24-15)17-12(19)5-2-6-13(17)20/h1-8H,9H2,(H,21,23). The summed E-state index contributed by atoms with van der Waals surface area (Å²) in [6.45, 7) is 0. The zero-order chi connectivity index (χ0) is 17.1. The Hall–Kier alpha value is -1.93. The lowest BCUT2D eigenvalue weighted by molar-refractivity contribution is -0.113. The average molecular weight is 457 g/mol. The second-order valence-electron chi connectivity index (χ2n) is 4.94. The number of alkyl halides is 1. The largest absolute Gasteiger partial charge is 0.356 e. The summed E-state index contributed by atoms with van der Waals surface area (Å²) < 4.78 is 20.1. The lowest BCUT2D eigenvalue weighted by Crippen LogP contribution is -2.12. The van der Waals surface area contributed by atoms with Gasteiger partial charge in [-0.2, -0.15) is 0 Å². The summed E-state index contributed by atoms with van der Waals surface area (Å²) in [5.41, 5.74) is 2.13. The maximum Gasteiger partial charge on any atom is 0.239 e. The minimum atomic E-state index is -0.357. The molecule has 1 heterocycles. The third kappa shape index (κ3) is 3.59. The van der Waals surface area contributed by atoms with Crippen LogP contribution < -0.4 is 5.32 Å². The number of anilines is 1. The van der Waals surface area contributed by atoms with Crippen molar-refractivity contribution in [3.05, 3.63) is 57.9 Å². The smallest absolute Gasteiger partial charge is 0.239 e. The number of carbonyl (C=O) groups excluding carboxylic acids is 1. The van der Waals surface area contributed by atoms with Crippen molar-refractivity contribution in [2.75, 3.05) is 11.2 Å². The molecule has 0 aliphatic heterocycles. The van der Waals surface area contributed by atoms with Gasteiger partial charge in [-0.15, -0.1) is 11.6 Å². The lowest BCUT2D eigenvalue weighted by atomic mass is 10.1. The van der Waals surface area contributed by atoms with Gasteiger partial charge >= 0.3 is 0 Å². The van der Waals surface area contributed by atoms with Gasteiger partial charge in [-0.25, -0.2) is 4.39 Å². The number of nitrogens with one attached hydrogen (secondary N) is 1. The predicted molar refractivity (Wildman–Crippen MR) is 99.4 cm³/mol. The Labute approximate surface area is 156 Å². The third-order valence-electron chi connectivity index (χ3n) is 3.28. The van der Waals surface area contributed by atoms with Crippen LogP contribution in [0.25, 0.3) is 22.6 Å². The van der Waals surface area contributed by atoms with Crippen molar-refractivity contribution in [2.45, 2.75) is 0 Å². The maximum absolute atomic E-state index is 14.0. The van der Waals surface area contributed by atoms with Crippen molar-refractivity contribution in [2.24, 2.45) is 0 Å². The fourth-order valence-electron chi connectivity index (χ4n) is 2.22. The molecule has 0 bridgehead atoms. The SMILES string of the molecule is O=C(CCl)Nc1cccc(-c2cc(-c3c(F)cccc3I)no2)c1. The first-order valence-electron chi connectivity index (χ1n) is 6.96. The molecule has 0 aliphatic rings. The van der Waals surface area contributed by atoms with E-state index in [1.54, 1.807) is 36.4 Å². The molecule has 0 fully saturated rings. The zero-order valence-electron chi connectivity index (χ0n) is 12.2. The zero-order valence-corrected chi connectivity index (χ0v) is 15.1. The predicted octanol–water partition coefficient (Wildman–Crippen LogP) is 4.93. The molecule has 3 rings (SSSR count). The van der Waals surface area contributed by atoms with E-state index < -0.39 is 0 Å². The minimum absolute atomic E-state index is 0.123. The van der Waals surface area contributed by atoms with Gasteiger partial charge in [0.2, 0.25) is 5.91 Å². The Morgan fingerprint density at radius 1 is 1.25 bits per heavy atom. The second kappa shape index (κ2) is 7.31. The van der Waals surface area contributed by atoms with E-state index in [-0.39, 0.29) is 17.6 Å². The van der Waals surface area contributed by atoms with Crippen molar-refractivity contribution in [1.82, 2.24) is 5.16 Å². The second-order valence-corrected chi connectivity index (χ2v) is 6.37.